The Morgan fingerprint density at radius 1 is 1.03 bits per heavy atom. The Bertz CT molecular complexity index is 1390. The van der Waals surface area contributed by atoms with E-state index in [2.05, 4.69) is 15.6 Å². The van der Waals surface area contributed by atoms with Crippen molar-refractivity contribution in [1.29, 1.82) is 0 Å². The highest BCUT2D eigenvalue weighted by atomic mass is 16.5. The first-order chi connectivity index (χ1) is 17.2. The average Bonchev–Trinajstić information content (AvgIpc) is 3.24. The van der Waals surface area contributed by atoms with Gasteiger partial charge < -0.3 is 10.1 Å². The molecular weight excluding hydrogens is 454 g/mol. The van der Waals surface area contributed by atoms with Gasteiger partial charge in [0, 0.05) is 11.2 Å². The van der Waals surface area contributed by atoms with Crippen LogP contribution in [-0.2, 0) is 16.1 Å². The molecule has 8 heteroatoms. The number of rotatable bonds is 7. The molecular formula is C28H31N5O3. The SMILES string of the molecule is COc1cccc(C(C(=O)NC(C)(C)C)N(C(=O)Cn2nnc3ccccc32)c2cccc(C)c2)c1. The number of para-hydroxylation sites is 1. The highest BCUT2D eigenvalue weighted by Gasteiger charge is 2.35. The summed E-state index contributed by atoms with van der Waals surface area (Å²) in [5, 5.41) is 11.4. The van der Waals surface area contributed by atoms with Gasteiger partial charge in [0.15, 0.2) is 0 Å². The number of hydrogen-bond donors (Lipinski definition) is 1. The molecule has 1 heterocycles. The summed E-state index contributed by atoms with van der Waals surface area (Å²) in [6, 6.07) is 21.3. The molecule has 0 aliphatic heterocycles. The lowest BCUT2D eigenvalue weighted by Crippen LogP contribution is -2.50. The molecule has 1 aromatic heterocycles. The van der Waals surface area contributed by atoms with E-state index in [0.29, 0.717) is 22.5 Å². The number of carbonyl (C=O) groups is 2. The Morgan fingerprint density at radius 3 is 2.50 bits per heavy atom. The van der Waals surface area contributed by atoms with E-state index in [1.807, 2.05) is 94.4 Å². The van der Waals surface area contributed by atoms with Gasteiger partial charge in [-0.2, -0.15) is 0 Å². The van der Waals surface area contributed by atoms with Crippen LogP contribution >= 0.6 is 0 Å². The highest BCUT2D eigenvalue weighted by molar-refractivity contribution is 6.01. The Labute approximate surface area is 210 Å². The molecule has 186 valence electrons. The molecule has 4 aromatic rings. The minimum Gasteiger partial charge on any atom is -0.497 e. The van der Waals surface area contributed by atoms with Crippen LogP contribution in [0.4, 0.5) is 5.69 Å². The quantitative estimate of drug-likeness (QED) is 0.418. The summed E-state index contributed by atoms with van der Waals surface area (Å²) in [4.78, 5) is 29.4. The van der Waals surface area contributed by atoms with Crippen molar-refractivity contribution in [2.24, 2.45) is 0 Å². The molecule has 0 aliphatic carbocycles. The fourth-order valence-corrected chi connectivity index (χ4v) is 4.12. The maximum Gasteiger partial charge on any atom is 0.249 e. The molecule has 1 atom stereocenters. The van der Waals surface area contributed by atoms with Gasteiger partial charge in [0.2, 0.25) is 11.8 Å². The van der Waals surface area contributed by atoms with Crippen molar-refractivity contribution in [3.63, 3.8) is 0 Å². The maximum atomic E-state index is 14.0. The van der Waals surface area contributed by atoms with E-state index >= 15 is 0 Å². The lowest BCUT2D eigenvalue weighted by Gasteiger charge is -2.34. The number of aromatic nitrogens is 3. The van der Waals surface area contributed by atoms with E-state index in [0.717, 1.165) is 11.1 Å². The van der Waals surface area contributed by atoms with Crippen LogP contribution in [0.15, 0.2) is 72.8 Å². The Morgan fingerprint density at radius 2 is 1.78 bits per heavy atom. The van der Waals surface area contributed by atoms with Gasteiger partial charge in [-0.3, -0.25) is 14.5 Å². The number of carbonyl (C=O) groups excluding carboxylic acids is 2. The number of anilines is 1. The fraction of sp³-hybridized carbons (Fsp3) is 0.286. The Hall–Kier alpha value is -4.20. The van der Waals surface area contributed by atoms with Crippen LogP contribution in [0, 0.1) is 6.92 Å². The Kier molecular flexibility index (Phi) is 7.05. The van der Waals surface area contributed by atoms with E-state index in [9.17, 15) is 9.59 Å². The maximum absolute atomic E-state index is 14.0. The molecule has 0 spiro atoms. The van der Waals surface area contributed by atoms with Crippen molar-refractivity contribution in [3.8, 4) is 5.75 Å². The summed E-state index contributed by atoms with van der Waals surface area (Å²) in [7, 11) is 1.57. The lowest BCUT2D eigenvalue weighted by atomic mass is 10.00. The minimum absolute atomic E-state index is 0.0856. The molecule has 4 rings (SSSR count). The van der Waals surface area contributed by atoms with E-state index in [1.165, 1.54) is 0 Å². The van der Waals surface area contributed by atoms with Crippen LogP contribution in [-0.4, -0.2) is 39.5 Å². The molecule has 2 amide bonds. The smallest absolute Gasteiger partial charge is 0.249 e. The van der Waals surface area contributed by atoms with E-state index in [-0.39, 0.29) is 18.4 Å². The number of aryl methyl sites for hydroxylation is 1. The molecule has 0 bridgehead atoms. The molecule has 0 aliphatic rings. The zero-order valence-electron chi connectivity index (χ0n) is 21.2. The summed E-state index contributed by atoms with van der Waals surface area (Å²) in [5.74, 6) is 0.00200. The van der Waals surface area contributed by atoms with Crippen molar-refractivity contribution < 1.29 is 14.3 Å². The summed E-state index contributed by atoms with van der Waals surface area (Å²) in [6.07, 6.45) is 0. The number of nitrogens with zero attached hydrogens (tertiary/aromatic N) is 4. The van der Waals surface area contributed by atoms with E-state index in [4.69, 9.17) is 4.74 Å². The van der Waals surface area contributed by atoms with Crippen LogP contribution in [0.3, 0.4) is 0 Å². The van der Waals surface area contributed by atoms with Crippen LogP contribution in [0.2, 0.25) is 0 Å². The third-order valence-corrected chi connectivity index (χ3v) is 5.67. The molecule has 0 fully saturated rings. The summed E-state index contributed by atoms with van der Waals surface area (Å²) in [6.45, 7) is 7.60. The van der Waals surface area contributed by atoms with Crippen molar-refractivity contribution in [2.75, 3.05) is 12.0 Å². The standard InChI is InChI=1S/C28H31N5O3/c1-19-10-8-12-21(16-19)33(25(34)18-32-24-15-7-6-14-23(24)30-31-32)26(27(35)29-28(2,3)4)20-11-9-13-22(17-20)36-5/h6-17,26H,18H2,1-5H3,(H,29,35). The minimum atomic E-state index is -0.941. The van der Waals surface area contributed by atoms with Gasteiger partial charge >= 0.3 is 0 Å². The van der Waals surface area contributed by atoms with E-state index < -0.39 is 11.6 Å². The van der Waals surface area contributed by atoms with Gasteiger partial charge in [0.05, 0.1) is 12.6 Å². The molecule has 0 saturated carbocycles. The molecule has 0 radical (unpaired) electrons. The average molecular weight is 486 g/mol. The molecule has 0 saturated heterocycles. The van der Waals surface area contributed by atoms with Gasteiger partial charge in [0.25, 0.3) is 0 Å². The van der Waals surface area contributed by atoms with Gasteiger partial charge in [0.1, 0.15) is 23.9 Å². The number of amides is 2. The fourth-order valence-electron chi connectivity index (χ4n) is 4.12. The number of benzene rings is 3. The second-order valence-corrected chi connectivity index (χ2v) is 9.76. The zero-order chi connectivity index (χ0) is 25.9. The normalized spacial score (nSPS) is 12.2. The topological polar surface area (TPSA) is 89.4 Å². The highest BCUT2D eigenvalue weighted by Crippen LogP contribution is 2.31. The van der Waals surface area contributed by atoms with Crippen molar-refractivity contribution in [2.45, 2.75) is 45.8 Å². The van der Waals surface area contributed by atoms with Crippen LogP contribution in [0.25, 0.3) is 11.0 Å². The third-order valence-electron chi connectivity index (χ3n) is 5.67. The summed E-state index contributed by atoms with van der Waals surface area (Å²) >= 11 is 0. The van der Waals surface area contributed by atoms with Gasteiger partial charge in [-0.25, -0.2) is 4.68 Å². The Balaban J connectivity index is 1.84. The van der Waals surface area contributed by atoms with Crippen LogP contribution < -0.4 is 15.0 Å². The first kappa shape index (κ1) is 24.9. The number of fused-ring (bicyclic) bond motifs is 1. The number of nitrogens with one attached hydrogen (secondary N) is 1. The number of methoxy groups -OCH3 is 1. The predicted molar refractivity (Wildman–Crippen MR) is 140 cm³/mol. The zero-order valence-corrected chi connectivity index (χ0v) is 21.2. The van der Waals surface area contributed by atoms with Crippen LogP contribution in [0.5, 0.6) is 5.75 Å². The monoisotopic (exact) mass is 485 g/mol. The molecule has 3 aromatic carbocycles. The van der Waals surface area contributed by atoms with Gasteiger partial charge in [-0.15, -0.1) is 5.10 Å². The predicted octanol–water partition coefficient (Wildman–Crippen LogP) is 4.44. The summed E-state index contributed by atoms with van der Waals surface area (Å²) < 4.78 is 6.99. The number of hydrogen-bond acceptors (Lipinski definition) is 5. The number of ether oxygens (including phenoxy) is 1. The van der Waals surface area contributed by atoms with E-state index in [1.54, 1.807) is 22.8 Å². The largest absolute Gasteiger partial charge is 0.497 e. The van der Waals surface area contributed by atoms with Gasteiger partial charge in [-0.05, 0) is 75.2 Å². The molecule has 1 N–H and O–H groups in total. The third kappa shape index (κ3) is 5.54. The summed E-state index contributed by atoms with van der Waals surface area (Å²) in [5.41, 5.74) is 3.15. The second kappa shape index (κ2) is 10.2. The molecule has 36 heavy (non-hydrogen) atoms. The van der Waals surface area contributed by atoms with Crippen molar-refractivity contribution in [3.05, 3.63) is 83.9 Å². The molecule has 8 nitrogen and oxygen atoms in total. The first-order valence-electron chi connectivity index (χ1n) is 11.8. The van der Waals surface area contributed by atoms with Crippen molar-refractivity contribution >= 4 is 28.5 Å². The van der Waals surface area contributed by atoms with Crippen LogP contribution in [0.1, 0.15) is 37.9 Å². The van der Waals surface area contributed by atoms with Crippen molar-refractivity contribution in [1.82, 2.24) is 20.3 Å². The first-order valence-corrected chi connectivity index (χ1v) is 11.8. The lowest BCUT2D eigenvalue weighted by molar-refractivity contribution is -0.128. The second-order valence-electron chi connectivity index (χ2n) is 9.76. The molecule has 1 unspecified atom stereocenters. The van der Waals surface area contributed by atoms with Gasteiger partial charge in [-0.1, -0.05) is 41.6 Å².